The average molecular weight is 415 g/mol. The van der Waals surface area contributed by atoms with Gasteiger partial charge in [-0.3, -0.25) is 0 Å². The van der Waals surface area contributed by atoms with Gasteiger partial charge in [0.25, 0.3) is 0 Å². The molecule has 7 heteroatoms. The van der Waals surface area contributed by atoms with Crippen LogP contribution in [0.3, 0.4) is 0 Å². The number of nitrogens with zero attached hydrogens (tertiary/aromatic N) is 4. The topological polar surface area (TPSA) is 35.6 Å². The van der Waals surface area contributed by atoms with Gasteiger partial charge in [0.2, 0.25) is 0 Å². The molecule has 4 aromatic rings. The van der Waals surface area contributed by atoms with Gasteiger partial charge in [-0.25, -0.2) is 9.67 Å². The van der Waals surface area contributed by atoms with Crippen LogP contribution in [0.2, 0.25) is 10.0 Å². The number of benzene rings is 2. The first kappa shape index (κ1) is 18.2. The van der Waals surface area contributed by atoms with Crippen molar-refractivity contribution >= 4 is 35.0 Å². The van der Waals surface area contributed by atoms with Crippen LogP contribution >= 0.6 is 35.0 Å². The second-order valence-electron chi connectivity index (χ2n) is 6.05. The van der Waals surface area contributed by atoms with Gasteiger partial charge in [-0.05, 0) is 37.4 Å². The average Bonchev–Trinajstić information content (AvgIpc) is 3.31. The van der Waals surface area contributed by atoms with Crippen molar-refractivity contribution in [1.29, 1.82) is 0 Å². The van der Waals surface area contributed by atoms with Crippen LogP contribution in [0.5, 0.6) is 0 Å². The van der Waals surface area contributed by atoms with Gasteiger partial charge in [0, 0.05) is 18.0 Å². The molecule has 2 aromatic heterocycles. The zero-order chi connectivity index (χ0) is 19.0. The van der Waals surface area contributed by atoms with Crippen LogP contribution in [0.15, 0.2) is 66.2 Å². The molecule has 0 spiro atoms. The molecule has 0 unspecified atom stereocenters. The van der Waals surface area contributed by atoms with E-state index in [1.807, 2.05) is 39.9 Å². The van der Waals surface area contributed by atoms with Crippen LogP contribution in [0.25, 0.3) is 22.6 Å². The molecule has 0 atom stereocenters. The van der Waals surface area contributed by atoms with Crippen molar-refractivity contribution < 1.29 is 0 Å². The van der Waals surface area contributed by atoms with Crippen LogP contribution in [0.4, 0.5) is 0 Å². The fraction of sp³-hybridized carbons (Fsp3) is 0.100. The summed E-state index contributed by atoms with van der Waals surface area (Å²) in [7, 11) is 0. The summed E-state index contributed by atoms with van der Waals surface area (Å²) >= 11 is 14.0. The van der Waals surface area contributed by atoms with E-state index in [4.69, 9.17) is 28.3 Å². The molecule has 0 saturated carbocycles. The first-order valence-electron chi connectivity index (χ1n) is 8.26. The van der Waals surface area contributed by atoms with Crippen molar-refractivity contribution in [3.8, 4) is 22.6 Å². The van der Waals surface area contributed by atoms with Crippen molar-refractivity contribution in [2.24, 2.45) is 0 Å². The zero-order valence-corrected chi connectivity index (χ0v) is 17.1. The first-order valence-corrected chi connectivity index (χ1v) is 10.2. The number of halogens is 2. The minimum Gasteiger partial charge on any atom is -0.302 e. The van der Waals surface area contributed by atoms with E-state index in [2.05, 4.69) is 36.2 Å². The number of aromatic nitrogens is 4. The molecule has 2 heterocycles. The van der Waals surface area contributed by atoms with E-state index in [1.54, 1.807) is 24.3 Å². The lowest BCUT2D eigenvalue weighted by atomic mass is 10.1. The highest BCUT2D eigenvalue weighted by molar-refractivity contribution is 7.98. The molecule has 4 rings (SSSR count). The molecule has 0 saturated heterocycles. The highest BCUT2D eigenvalue weighted by Gasteiger charge is 2.22. The second-order valence-corrected chi connectivity index (χ2v) is 7.66. The fourth-order valence-electron chi connectivity index (χ4n) is 2.93. The summed E-state index contributed by atoms with van der Waals surface area (Å²) < 4.78 is 3.92. The maximum Gasteiger partial charge on any atom is 0.143 e. The molecule has 0 aliphatic rings. The maximum absolute atomic E-state index is 6.31. The van der Waals surface area contributed by atoms with E-state index in [9.17, 15) is 0 Å². The minimum absolute atomic E-state index is 0.508. The second kappa shape index (κ2) is 7.43. The van der Waals surface area contributed by atoms with E-state index in [1.165, 1.54) is 5.56 Å². The van der Waals surface area contributed by atoms with Gasteiger partial charge in [0.15, 0.2) is 0 Å². The van der Waals surface area contributed by atoms with E-state index >= 15 is 0 Å². The summed E-state index contributed by atoms with van der Waals surface area (Å²) in [5, 5.41) is 6.80. The molecule has 27 heavy (non-hydrogen) atoms. The molecular formula is C20H16Cl2N4S. The Labute approximate surface area is 171 Å². The Morgan fingerprint density at radius 2 is 1.78 bits per heavy atom. The molecule has 0 fully saturated rings. The van der Waals surface area contributed by atoms with Crippen LogP contribution in [0, 0.1) is 6.92 Å². The van der Waals surface area contributed by atoms with Crippen molar-refractivity contribution in [1.82, 2.24) is 19.3 Å². The fourth-order valence-corrected chi connectivity index (χ4v) is 3.78. The third kappa shape index (κ3) is 3.38. The number of hydrogen-bond donors (Lipinski definition) is 0. The molecule has 0 bridgehead atoms. The van der Waals surface area contributed by atoms with Crippen LogP contribution in [0.1, 0.15) is 5.56 Å². The largest absolute Gasteiger partial charge is 0.302 e. The van der Waals surface area contributed by atoms with Crippen LogP contribution in [-0.4, -0.2) is 25.6 Å². The van der Waals surface area contributed by atoms with Crippen molar-refractivity contribution in [3.05, 3.63) is 76.8 Å². The van der Waals surface area contributed by atoms with Gasteiger partial charge >= 0.3 is 0 Å². The summed E-state index contributed by atoms with van der Waals surface area (Å²) in [4.78, 5) is 4.20. The monoisotopic (exact) mass is 414 g/mol. The Kier molecular flexibility index (Phi) is 5.00. The molecule has 4 nitrogen and oxygen atoms in total. The Morgan fingerprint density at radius 1 is 1.00 bits per heavy atom. The van der Waals surface area contributed by atoms with E-state index < -0.39 is 0 Å². The van der Waals surface area contributed by atoms with Gasteiger partial charge < -0.3 is 4.57 Å². The number of aryl methyl sites for hydroxylation is 1. The Hall–Kier alpha value is -2.21. The van der Waals surface area contributed by atoms with Crippen molar-refractivity contribution in [2.75, 3.05) is 6.26 Å². The number of hydrogen-bond acceptors (Lipinski definition) is 3. The summed E-state index contributed by atoms with van der Waals surface area (Å²) in [5.41, 5.74) is 4.99. The summed E-state index contributed by atoms with van der Waals surface area (Å²) in [6, 6.07) is 13.9. The quantitative estimate of drug-likeness (QED) is 0.380. The Balaban J connectivity index is 2.04. The van der Waals surface area contributed by atoms with Crippen LogP contribution < -0.4 is 0 Å². The minimum atomic E-state index is 0.508. The third-order valence-corrected chi connectivity index (χ3v) is 5.66. The third-order valence-electron chi connectivity index (χ3n) is 4.26. The van der Waals surface area contributed by atoms with Gasteiger partial charge in [0.05, 0.1) is 27.8 Å². The molecule has 0 amide bonds. The molecule has 0 aliphatic heterocycles. The normalized spacial score (nSPS) is 11.1. The zero-order valence-electron chi connectivity index (χ0n) is 14.7. The molecule has 0 radical (unpaired) electrons. The smallest absolute Gasteiger partial charge is 0.143 e. The van der Waals surface area contributed by atoms with Gasteiger partial charge in [-0.15, -0.1) is 11.8 Å². The lowest BCUT2D eigenvalue weighted by molar-refractivity contribution is 0.842. The Morgan fingerprint density at radius 3 is 2.41 bits per heavy atom. The summed E-state index contributed by atoms with van der Waals surface area (Å²) in [6.07, 6.45) is 7.46. The molecular weight excluding hydrogens is 399 g/mol. The first-order chi connectivity index (χ1) is 13.1. The number of imidazole rings is 1. The predicted molar refractivity (Wildman–Crippen MR) is 113 cm³/mol. The standard InChI is InChI=1S/C20H16Cl2N4S/c1-13-3-6-15(7-4-13)26-18(14-5-8-16(21)17(22)11-14)19(20(24-26)27-2)25-10-9-23-12-25/h3-12H,1-2H3. The highest BCUT2D eigenvalue weighted by atomic mass is 35.5. The highest BCUT2D eigenvalue weighted by Crippen LogP contribution is 2.38. The summed E-state index contributed by atoms with van der Waals surface area (Å²) in [5.74, 6) is 0. The maximum atomic E-state index is 6.31. The molecule has 136 valence electrons. The van der Waals surface area contributed by atoms with Crippen molar-refractivity contribution in [3.63, 3.8) is 0 Å². The lowest BCUT2D eigenvalue weighted by Gasteiger charge is -2.11. The van der Waals surface area contributed by atoms with Gasteiger partial charge in [-0.1, -0.05) is 47.0 Å². The SMILES string of the molecule is CSc1nn(-c2ccc(C)cc2)c(-c2ccc(Cl)c(Cl)c2)c1-n1ccnc1. The lowest BCUT2D eigenvalue weighted by Crippen LogP contribution is -2.01. The van der Waals surface area contributed by atoms with E-state index in [0.717, 1.165) is 27.7 Å². The summed E-state index contributed by atoms with van der Waals surface area (Å²) in [6.45, 7) is 2.07. The molecule has 2 aromatic carbocycles. The van der Waals surface area contributed by atoms with Crippen LogP contribution in [-0.2, 0) is 0 Å². The van der Waals surface area contributed by atoms with Gasteiger partial charge in [-0.2, -0.15) is 5.10 Å². The predicted octanol–water partition coefficient (Wildman–Crippen LogP) is 6.06. The van der Waals surface area contributed by atoms with E-state index in [0.29, 0.717) is 10.0 Å². The Bertz CT molecular complexity index is 1090. The van der Waals surface area contributed by atoms with Crippen molar-refractivity contribution in [2.45, 2.75) is 11.9 Å². The molecule has 0 aliphatic carbocycles. The number of rotatable bonds is 4. The van der Waals surface area contributed by atoms with Gasteiger partial charge in [0.1, 0.15) is 10.7 Å². The molecule has 0 N–H and O–H groups in total. The number of thioether (sulfide) groups is 1. The van der Waals surface area contributed by atoms with E-state index in [-0.39, 0.29) is 0 Å².